The highest BCUT2D eigenvalue weighted by molar-refractivity contribution is 6.33. The van der Waals surface area contributed by atoms with Gasteiger partial charge < -0.3 is 5.32 Å². The molecule has 1 aromatic heterocycles. The van der Waals surface area contributed by atoms with Gasteiger partial charge in [-0.05, 0) is 42.9 Å². The van der Waals surface area contributed by atoms with E-state index in [0.717, 1.165) is 11.3 Å². The molecule has 2 atom stereocenters. The van der Waals surface area contributed by atoms with E-state index in [2.05, 4.69) is 17.2 Å². The van der Waals surface area contributed by atoms with Crippen molar-refractivity contribution in [3.63, 3.8) is 0 Å². The Morgan fingerprint density at radius 3 is 2.58 bits per heavy atom. The molecule has 2 unspecified atom stereocenters. The minimum absolute atomic E-state index is 0.0705. The van der Waals surface area contributed by atoms with Crippen LogP contribution in [-0.2, 0) is 0 Å². The van der Waals surface area contributed by atoms with Gasteiger partial charge in [0.25, 0.3) is 0 Å². The summed E-state index contributed by atoms with van der Waals surface area (Å²) in [4.78, 5) is 4.41. The lowest BCUT2D eigenvalue weighted by Gasteiger charge is -2.24. The van der Waals surface area contributed by atoms with Crippen LogP contribution in [0.2, 0.25) is 10.0 Å². The number of aromatic nitrogens is 1. The van der Waals surface area contributed by atoms with Crippen molar-refractivity contribution in [2.45, 2.75) is 18.9 Å². The Labute approximate surface area is 123 Å². The van der Waals surface area contributed by atoms with E-state index in [1.165, 1.54) is 0 Å². The van der Waals surface area contributed by atoms with Gasteiger partial charge in [-0.1, -0.05) is 36.2 Å². The number of nitrogens with zero attached hydrogens (tertiary/aromatic N) is 1. The minimum atomic E-state index is 0.0705. The summed E-state index contributed by atoms with van der Waals surface area (Å²) >= 11 is 12.3. The molecule has 100 valence electrons. The summed E-state index contributed by atoms with van der Waals surface area (Å²) in [5, 5.41) is 4.70. The average molecular weight is 295 g/mol. The van der Waals surface area contributed by atoms with Gasteiger partial charge in [0, 0.05) is 33.9 Å². The molecule has 0 saturated heterocycles. The van der Waals surface area contributed by atoms with E-state index in [-0.39, 0.29) is 12.0 Å². The molecule has 0 aliphatic carbocycles. The lowest BCUT2D eigenvalue weighted by molar-refractivity contribution is 0.499. The first-order valence-corrected chi connectivity index (χ1v) is 6.92. The number of rotatable bonds is 4. The maximum atomic E-state index is 6.28. The molecule has 0 fully saturated rings. The molecule has 0 bridgehead atoms. The molecule has 0 spiro atoms. The molecule has 2 nitrogen and oxygen atoms in total. The van der Waals surface area contributed by atoms with Crippen molar-refractivity contribution in [1.82, 2.24) is 10.3 Å². The van der Waals surface area contributed by atoms with E-state index >= 15 is 0 Å². The van der Waals surface area contributed by atoms with Crippen molar-refractivity contribution in [3.8, 4) is 0 Å². The maximum absolute atomic E-state index is 6.28. The Hall–Kier alpha value is -1.09. The number of pyridine rings is 1. The normalized spacial score (nSPS) is 14.1. The second-order valence-corrected chi connectivity index (χ2v) is 5.32. The molecular formula is C15H16Cl2N2. The molecule has 0 amide bonds. The summed E-state index contributed by atoms with van der Waals surface area (Å²) in [6.07, 6.45) is 1.80. The Bertz CT molecular complexity index is 543. The van der Waals surface area contributed by atoms with Crippen LogP contribution in [-0.4, -0.2) is 12.0 Å². The largest absolute Gasteiger partial charge is 0.312 e. The highest BCUT2D eigenvalue weighted by Crippen LogP contribution is 2.34. The lowest BCUT2D eigenvalue weighted by atomic mass is 9.91. The molecular weight excluding hydrogens is 279 g/mol. The molecule has 0 aliphatic heterocycles. The first-order chi connectivity index (χ1) is 9.13. The fourth-order valence-corrected chi connectivity index (χ4v) is 2.66. The molecule has 19 heavy (non-hydrogen) atoms. The van der Waals surface area contributed by atoms with Crippen LogP contribution in [0, 0.1) is 0 Å². The zero-order valence-electron chi connectivity index (χ0n) is 10.9. The zero-order chi connectivity index (χ0) is 13.8. The van der Waals surface area contributed by atoms with Gasteiger partial charge in [0.1, 0.15) is 0 Å². The molecule has 0 radical (unpaired) electrons. The molecule has 2 aromatic rings. The van der Waals surface area contributed by atoms with Gasteiger partial charge in [0.2, 0.25) is 0 Å². The summed E-state index contributed by atoms with van der Waals surface area (Å²) in [5.74, 6) is 0.196. The molecule has 2 rings (SSSR count). The van der Waals surface area contributed by atoms with E-state index in [4.69, 9.17) is 23.2 Å². The number of hydrogen-bond acceptors (Lipinski definition) is 2. The Morgan fingerprint density at radius 2 is 1.95 bits per heavy atom. The van der Waals surface area contributed by atoms with Gasteiger partial charge in [-0.25, -0.2) is 0 Å². The minimum Gasteiger partial charge on any atom is -0.312 e. The highest BCUT2D eigenvalue weighted by atomic mass is 35.5. The van der Waals surface area contributed by atoms with Crippen LogP contribution in [0.15, 0.2) is 42.6 Å². The Kier molecular flexibility index (Phi) is 4.81. The summed E-state index contributed by atoms with van der Waals surface area (Å²) in [6.45, 7) is 2.13. The standard InChI is InChI=1S/C15H16Cl2N2/c1-10(14-5-3-4-8-19-14)15(18-2)12-9-11(16)6-7-13(12)17/h3-10,15,18H,1-2H3. The second kappa shape index (κ2) is 6.38. The van der Waals surface area contributed by atoms with Crippen LogP contribution in [0.1, 0.15) is 30.1 Å². The number of likely N-dealkylation sites (N-methyl/N-ethyl adjacent to an activating group) is 1. The van der Waals surface area contributed by atoms with Crippen LogP contribution < -0.4 is 5.32 Å². The molecule has 1 heterocycles. The Morgan fingerprint density at radius 1 is 1.16 bits per heavy atom. The molecule has 0 aliphatic rings. The van der Waals surface area contributed by atoms with Gasteiger partial charge in [-0.15, -0.1) is 0 Å². The van der Waals surface area contributed by atoms with E-state index in [1.807, 2.05) is 37.4 Å². The summed E-state index contributed by atoms with van der Waals surface area (Å²) in [6, 6.07) is 11.5. The number of halogens is 2. The smallest absolute Gasteiger partial charge is 0.0455 e. The first kappa shape index (κ1) is 14.3. The van der Waals surface area contributed by atoms with Crippen LogP contribution in [0.25, 0.3) is 0 Å². The SMILES string of the molecule is CNC(c1cc(Cl)ccc1Cl)C(C)c1ccccn1. The Balaban J connectivity index is 2.37. The topological polar surface area (TPSA) is 24.9 Å². The third-order valence-corrected chi connectivity index (χ3v) is 3.84. The van der Waals surface area contributed by atoms with Crippen LogP contribution in [0.3, 0.4) is 0 Å². The number of benzene rings is 1. The van der Waals surface area contributed by atoms with Gasteiger partial charge in [0.05, 0.1) is 0 Å². The van der Waals surface area contributed by atoms with E-state index < -0.39 is 0 Å². The first-order valence-electron chi connectivity index (χ1n) is 6.16. The van der Waals surface area contributed by atoms with Crippen molar-refractivity contribution in [2.75, 3.05) is 7.05 Å². The van der Waals surface area contributed by atoms with Crippen molar-refractivity contribution >= 4 is 23.2 Å². The van der Waals surface area contributed by atoms with Crippen molar-refractivity contribution in [2.24, 2.45) is 0 Å². The zero-order valence-corrected chi connectivity index (χ0v) is 12.4. The van der Waals surface area contributed by atoms with Crippen LogP contribution in [0.5, 0.6) is 0 Å². The second-order valence-electron chi connectivity index (χ2n) is 4.48. The highest BCUT2D eigenvalue weighted by Gasteiger charge is 2.22. The summed E-state index contributed by atoms with van der Waals surface area (Å²) in [5.41, 5.74) is 2.02. The monoisotopic (exact) mass is 294 g/mol. The van der Waals surface area contributed by atoms with Crippen molar-refractivity contribution in [3.05, 3.63) is 63.9 Å². The van der Waals surface area contributed by atoms with Gasteiger partial charge in [-0.3, -0.25) is 4.98 Å². The van der Waals surface area contributed by atoms with Gasteiger partial charge in [0.15, 0.2) is 0 Å². The third kappa shape index (κ3) is 3.27. The fraction of sp³-hybridized carbons (Fsp3) is 0.267. The van der Waals surface area contributed by atoms with Crippen LogP contribution >= 0.6 is 23.2 Å². The third-order valence-electron chi connectivity index (χ3n) is 3.26. The van der Waals surface area contributed by atoms with Crippen molar-refractivity contribution in [1.29, 1.82) is 0 Å². The maximum Gasteiger partial charge on any atom is 0.0455 e. The summed E-state index contributed by atoms with van der Waals surface area (Å²) < 4.78 is 0. The average Bonchev–Trinajstić information content (AvgIpc) is 2.44. The predicted molar refractivity (Wildman–Crippen MR) is 80.9 cm³/mol. The number of hydrogen-bond donors (Lipinski definition) is 1. The van der Waals surface area contributed by atoms with Crippen molar-refractivity contribution < 1.29 is 0 Å². The molecule has 1 aromatic carbocycles. The quantitative estimate of drug-likeness (QED) is 0.901. The molecule has 4 heteroatoms. The van der Waals surface area contributed by atoms with Gasteiger partial charge >= 0.3 is 0 Å². The predicted octanol–water partition coefficient (Wildman–Crippen LogP) is 4.45. The van der Waals surface area contributed by atoms with Gasteiger partial charge in [-0.2, -0.15) is 0 Å². The van der Waals surface area contributed by atoms with E-state index in [1.54, 1.807) is 12.3 Å². The molecule has 1 N–H and O–H groups in total. The van der Waals surface area contributed by atoms with E-state index in [0.29, 0.717) is 10.0 Å². The summed E-state index contributed by atoms with van der Waals surface area (Å²) in [7, 11) is 1.92. The fourth-order valence-electron chi connectivity index (χ4n) is 2.24. The number of nitrogens with one attached hydrogen (secondary N) is 1. The van der Waals surface area contributed by atoms with Crippen LogP contribution in [0.4, 0.5) is 0 Å². The lowest BCUT2D eigenvalue weighted by Crippen LogP contribution is -2.23. The van der Waals surface area contributed by atoms with E-state index in [9.17, 15) is 0 Å². The molecule has 0 saturated carbocycles.